The number of amides is 1. The highest BCUT2D eigenvalue weighted by Gasteiger charge is 2.49. The number of rotatable bonds is 5. The predicted molar refractivity (Wildman–Crippen MR) is 119 cm³/mol. The molecule has 2 aliphatic rings. The molecular weight excluding hydrogens is 424 g/mol. The summed E-state index contributed by atoms with van der Waals surface area (Å²) >= 11 is 0. The summed E-state index contributed by atoms with van der Waals surface area (Å²) in [6.07, 6.45) is 3.13. The molecule has 2 saturated heterocycles. The van der Waals surface area contributed by atoms with E-state index in [0.29, 0.717) is 18.9 Å². The zero-order valence-corrected chi connectivity index (χ0v) is 18.4. The highest BCUT2D eigenvalue weighted by Crippen LogP contribution is 2.42. The van der Waals surface area contributed by atoms with Gasteiger partial charge in [0.05, 0.1) is 17.2 Å². The Hall–Kier alpha value is -3.44. The summed E-state index contributed by atoms with van der Waals surface area (Å²) in [5.41, 5.74) is 0.998. The van der Waals surface area contributed by atoms with Gasteiger partial charge in [-0.1, -0.05) is 12.1 Å². The molecule has 1 atom stereocenters. The highest BCUT2D eigenvalue weighted by atomic mass is 16.3. The van der Waals surface area contributed by atoms with E-state index in [4.69, 9.17) is 0 Å². The zero-order chi connectivity index (χ0) is 23.0. The van der Waals surface area contributed by atoms with Gasteiger partial charge in [0.1, 0.15) is 6.33 Å². The number of β-amino-alcohol motifs (C(OH)–C–C–N with tert-alkyl or cyclic N) is 1. The van der Waals surface area contributed by atoms with Crippen LogP contribution >= 0.6 is 0 Å². The smallest absolute Gasteiger partial charge is 0.266 e. The van der Waals surface area contributed by atoms with Gasteiger partial charge in [0.15, 0.2) is 5.82 Å². The number of likely N-dealkylation sites (tertiary alicyclic amines) is 1. The predicted octanol–water partition coefficient (Wildman–Crippen LogP) is 0.308. The molecule has 1 spiro atoms. The minimum Gasteiger partial charge on any atom is -0.387 e. The first-order chi connectivity index (χ1) is 15.9. The van der Waals surface area contributed by atoms with Crippen molar-refractivity contribution in [3.05, 3.63) is 58.6 Å². The molecule has 11 nitrogen and oxygen atoms in total. The maximum atomic E-state index is 13.3. The second-order valence-corrected chi connectivity index (χ2v) is 8.81. The summed E-state index contributed by atoms with van der Waals surface area (Å²) in [6, 6.07) is 10.6. The number of nitrogens with zero attached hydrogens (tertiary/aromatic N) is 8. The van der Waals surface area contributed by atoms with E-state index in [-0.39, 0.29) is 11.5 Å². The van der Waals surface area contributed by atoms with Crippen LogP contribution in [0.5, 0.6) is 0 Å². The van der Waals surface area contributed by atoms with Crippen molar-refractivity contribution in [1.82, 2.24) is 34.9 Å². The van der Waals surface area contributed by atoms with Gasteiger partial charge in [-0.3, -0.25) is 14.5 Å². The van der Waals surface area contributed by atoms with Gasteiger partial charge in [0.2, 0.25) is 5.91 Å². The van der Waals surface area contributed by atoms with E-state index < -0.39 is 11.5 Å². The van der Waals surface area contributed by atoms with Crippen molar-refractivity contribution < 1.29 is 9.90 Å². The fourth-order valence-corrected chi connectivity index (χ4v) is 4.80. The molecule has 1 amide bonds. The van der Waals surface area contributed by atoms with Crippen molar-refractivity contribution in [2.45, 2.75) is 25.4 Å². The van der Waals surface area contributed by atoms with Crippen molar-refractivity contribution in [2.75, 3.05) is 31.1 Å². The Labute approximate surface area is 190 Å². The lowest BCUT2D eigenvalue weighted by Gasteiger charge is -2.38. The number of aliphatic hydroxyl groups excluding tert-OH is 1. The molecule has 0 aliphatic carbocycles. The number of hydrogen-bond acceptors (Lipinski definition) is 8. The Balaban J connectivity index is 1.21. The van der Waals surface area contributed by atoms with Crippen molar-refractivity contribution in [3.63, 3.8) is 0 Å². The molecular formula is C22H26N8O3. The summed E-state index contributed by atoms with van der Waals surface area (Å²) in [5, 5.41) is 26.3. The number of hydrogen-bond donors (Lipinski definition) is 1. The van der Waals surface area contributed by atoms with Gasteiger partial charge in [0, 0.05) is 26.2 Å². The first-order valence-electron chi connectivity index (χ1n) is 11.1. The Kier molecular flexibility index (Phi) is 5.51. The summed E-state index contributed by atoms with van der Waals surface area (Å²) in [6.45, 7) is 2.58. The van der Waals surface area contributed by atoms with E-state index in [1.54, 1.807) is 22.7 Å². The van der Waals surface area contributed by atoms with Gasteiger partial charge in [-0.2, -0.15) is 5.10 Å². The highest BCUT2D eigenvalue weighted by molar-refractivity contribution is 5.99. The molecule has 1 aromatic carbocycles. The normalized spacial score (nSPS) is 19.3. The third kappa shape index (κ3) is 4.05. The van der Waals surface area contributed by atoms with E-state index in [2.05, 4.69) is 25.5 Å². The molecule has 0 saturated carbocycles. The lowest BCUT2D eigenvalue weighted by Crippen LogP contribution is -2.46. The topological polar surface area (TPSA) is 122 Å². The zero-order valence-electron chi connectivity index (χ0n) is 18.4. The number of piperidine rings is 1. The van der Waals surface area contributed by atoms with E-state index >= 15 is 0 Å². The first kappa shape index (κ1) is 21.4. The number of carbonyl (C=O) groups is 1. The molecule has 2 aromatic heterocycles. The average Bonchev–Trinajstić information content (AvgIpc) is 3.47. The van der Waals surface area contributed by atoms with Gasteiger partial charge in [-0.05, 0) is 66.5 Å². The average molecular weight is 451 g/mol. The van der Waals surface area contributed by atoms with Gasteiger partial charge in [0.25, 0.3) is 5.56 Å². The Morgan fingerprint density at radius 3 is 2.61 bits per heavy atom. The van der Waals surface area contributed by atoms with E-state index in [1.165, 1.54) is 17.1 Å². The maximum absolute atomic E-state index is 13.3. The van der Waals surface area contributed by atoms with Gasteiger partial charge >= 0.3 is 0 Å². The molecule has 5 rings (SSSR count). The lowest BCUT2D eigenvalue weighted by atomic mass is 9.77. The molecule has 1 N–H and O–H groups in total. The number of benzene rings is 1. The molecule has 0 bridgehead atoms. The van der Waals surface area contributed by atoms with Crippen LogP contribution in [0.25, 0.3) is 5.69 Å². The van der Waals surface area contributed by atoms with Crippen molar-refractivity contribution in [2.24, 2.45) is 12.5 Å². The fraction of sp³-hybridized carbons (Fsp3) is 0.455. The number of aromatic nitrogens is 6. The van der Waals surface area contributed by atoms with Crippen LogP contribution in [0, 0.1) is 5.41 Å². The van der Waals surface area contributed by atoms with Crippen LogP contribution < -0.4 is 10.5 Å². The quantitative estimate of drug-likeness (QED) is 0.589. The molecule has 2 fully saturated rings. The Morgan fingerprint density at radius 1 is 1.09 bits per heavy atom. The van der Waals surface area contributed by atoms with Crippen LogP contribution in [-0.4, -0.2) is 72.1 Å². The molecule has 0 radical (unpaired) electrons. The van der Waals surface area contributed by atoms with Crippen LogP contribution in [0.3, 0.4) is 0 Å². The monoisotopic (exact) mass is 450 g/mol. The summed E-state index contributed by atoms with van der Waals surface area (Å²) in [4.78, 5) is 28.8. The molecule has 4 heterocycles. The van der Waals surface area contributed by atoms with Crippen LogP contribution in [0.1, 0.15) is 30.9 Å². The second-order valence-electron chi connectivity index (χ2n) is 8.81. The molecule has 2 aliphatic heterocycles. The van der Waals surface area contributed by atoms with Crippen molar-refractivity contribution >= 4 is 11.7 Å². The van der Waals surface area contributed by atoms with Gasteiger partial charge < -0.3 is 10.0 Å². The fourth-order valence-electron chi connectivity index (χ4n) is 4.80. The number of anilines is 1. The Bertz CT molecular complexity index is 1200. The largest absolute Gasteiger partial charge is 0.387 e. The molecule has 172 valence electrons. The third-order valence-corrected chi connectivity index (χ3v) is 6.85. The third-order valence-electron chi connectivity index (χ3n) is 6.85. The standard InChI is InChI=1S/C22H26N8O3/c1-27-20(32)6-5-19(24-27)29-12-9-22(21(29)33)7-10-28(11-8-22)14-18(31)16-3-2-4-17(13-16)30-15-23-25-26-30/h2-6,13,15,18,31H,7-12,14H2,1H3/t18-/m1/s1. The Morgan fingerprint density at radius 2 is 1.88 bits per heavy atom. The number of carbonyl (C=O) groups excluding carboxylic acids is 1. The molecule has 11 heteroatoms. The summed E-state index contributed by atoms with van der Waals surface area (Å²) in [5.74, 6) is 0.613. The van der Waals surface area contributed by atoms with Crippen LogP contribution in [0.15, 0.2) is 47.5 Å². The lowest BCUT2D eigenvalue weighted by molar-refractivity contribution is -0.128. The minimum absolute atomic E-state index is 0.0861. The number of aryl methyl sites for hydroxylation is 1. The first-order valence-corrected chi connectivity index (χ1v) is 11.1. The SMILES string of the molecule is Cn1nc(N2CCC3(CCN(C[C@@H](O)c4cccc(-n5cnnn5)c4)CC3)C2=O)ccc1=O. The van der Waals surface area contributed by atoms with Crippen LogP contribution in [0.2, 0.25) is 0 Å². The van der Waals surface area contributed by atoms with Gasteiger partial charge in [-0.15, -0.1) is 5.10 Å². The molecule has 33 heavy (non-hydrogen) atoms. The van der Waals surface area contributed by atoms with Crippen LogP contribution in [0.4, 0.5) is 5.82 Å². The van der Waals surface area contributed by atoms with Crippen molar-refractivity contribution in [3.8, 4) is 5.69 Å². The molecule has 0 unspecified atom stereocenters. The van der Waals surface area contributed by atoms with E-state index in [1.807, 2.05) is 24.3 Å². The molecule has 3 aromatic rings. The number of tetrazole rings is 1. The number of aliphatic hydroxyl groups is 1. The maximum Gasteiger partial charge on any atom is 0.266 e. The van der Waals surface area contributed by atoms with Gasteiger partial charge in [-0.25, -0.2) is 9.36 Å². The summed E-state index contributed by atoms with van der Waals surface area (Å²) < 4.78 is 2.81. The minimum atomic E-state index is -0.652. The van der Waals surface area contributed by atoms with E-state index in [0.717, 1.165) is 43.6 Å². The summed E-state index contributed by atoms with van der Waals surface area (Å²) in [7, 11) is 1.59. The van der Waals surface area contributed by atoms with Crippen molar-refractivity contribution in [1.29, 1.82) is 0 Å². The van der Waals surface area contributed by atoms with Crippen LogP contribution in [-0.2, 0) is 11.8 Å². The van der Waals surface area contributed by atoms with E-state index in [9.17, 15) is 14.7 Å². The second kappa shape index (κ2) is 8.49.